The minimum Gasteiger partial charge on any atom is -0.382 e. The van der Waals surface area contributed by atoms with E-state index in [0.717, 1.165) is 26.4 Å². The van der Waals surface area contributed by atoms with Crippen LogP contribution in [0.1, 0.15) is 88.5 Å². The van der Waals surface area contributed by atoms with Crippen LogP contribution in [0.2, 0.25) is 0 Å². The lowest BCUT2D eigenvalue weighted by molar-refractivity contribution is 0.171. The van der Waals surface area contributed by atoms with Crippen LogP contribution in [-0.4, -0.2) is 52.9 Å². The molecule has 0 spiro atoms. The molecule has 4 aromatic carbocycles. The van der Waals surface area contributed by atoms with Gasteiger partial charge in [0.15, 0.2) is 0 Å². The highest BCUT2D eigenvalue weighted by atomic mass is 16.6. The fourth-order valence-corrected chi connectivity index (χ4v) is 6.98. The van der Waals surface area contributed by atoms with Gasteiger partial charge >= 0.3 is 0 Å². The topological polar surface area (TPSA) is 43.5 Å². The van der Waals surface area contributed by atoms with Gasteiger partial charge in [-0.15, -0.1) is 0 Å². The Morgan fingerprint density at radius 3 is 0.959 bits per heavy atom. The molecule has 276 valence electrons. The Balaban J connectivity index is 0.000000573. The van der Waals surface area contributed by atoms with Crippen LogP contribution in [0.4, 0.5) is 0 Å². The highest BCUT2D eigenvalue weighted by molar-refractivity contribution is 5.82. The van der Waals surface area contributed by atoms with Gasteiger partial charge in [-0.3, -0.25) is 0 Å². The van der Waals surface area contributed by atoms with Crippen molar-refractivity contribution in [3.8, 4) is 0 Å². The van der Waals surface area contributed by atoms with Gasteiger partial charge in [0.1, 0.15) is 12.2 Å². The van der Waals surface area contributed by atoms with Gasteiger partial charge in [0, 0.05) is 14.2 Å². The molecule has 0 radical (unpaired) electrons. The molecule has 6 unspecified atom stereocenters. The van der Waals surface area contributed by atoms with Crippen molar-refractivity contribution in [1.29, 1.82) is 0 Å². The third-order valence-electron chi connectivity index (χ3n) is 9.18. The number of ether oxygens (including phenoxy) is 4. The van der Waals surface area contributed by atoms with Crippen LogP contribution in [0.25, 0.3) is 21.5 Å². The molecule has 4 aromatic rings. The van der Waals surface area contributed by atoms with Crippen LogP contribution in [0, 0.1) is 23.7 Å². The Hall–Kier alpha value is -2.76. The monoisotopic (exact) mass is 677 g/mol. The standard InChI is InChI=1S/C10H16.2C10H8.2C4H8O2.2C2H6.3CH4/c1-2-9-7-4-5-8(6-7)10(9)3-1;2*1-2-6-10-8-4-3-7-9(10)5-1;2*1-5-2-4-3-6-4;2*1-2;;;/h7-10H,1-6H2;2*1-8H;2*4H,2-3H2,1H3;2*1-2H3;3*1H4. The molecule has 2 saturated heterocycles. The first kappa shape index (κ1) is 46.2. The summed E-state index contributed by atoms with van der Waals surface area (Å²) < 4.78 is 19.1. The van der Waals surface area contributed by atoms with Crippen molar-refractivity contribution in [2.75, 3.05) is 40.6 Å². The molecule has 3 aliphatic carbocycles. The van der Waals surface area contributed by atoms with Gasteiger partial charge in [-0.05, 0) is 77.3 Å². The summed E-state index contributed by atoms with van der Waals surface area (Å²) in [6.07, 6.45) is 10.4. The maximum atomic E-state index is 4.82. The van der Waals surface area contributed by atoms with Crippen molar-refractivity contribution in [1.82, 2.24) is 0 Å². The highest BCUT2D eigenvalue weighted by Gasteiger charge is 2.48. The maximum Gasteiger partial charge on any atom is 0.104 e. The minimum atomic E-state index is 0. The van der Waals surface area contributed by atoms with Crippen molar-refractivity contribution in [2.45, 2.75) is 101 Å². The first-order chi connectivity index (χ1) is 22.7. The third-order valence-corrected chi connectivity index (χ3v) is 9.18. The fourth-order valence-electron chi connectivity index (χ4n) is 6.98. The molecule has 6 atom stereocenters. The average molecular weight is 677 g/mol. The predicted octanol–water partition coefficient (Wildman–Crippen LogP) is 12.5. The zero-order valence-corrected chi connectivity index (χ0v) is 29.4. The van der Waals surface area contributed by atoms with E-state index in [4.69, 9.17) is 18.9 Å². The van der Waals surface area contributed by atoms with E-state index in [-0.39, 0.29) is 22.3 Å². The molecule has 0 amide bonds. The van der Waals surface area contributed by atoms with Crippen molar-refractivity contribution in [2.24, 2.45) is 23.7 Å². The number of epoxide rings is 2. The molecule has 49 heavy (non-hydrogen) atoms. The van der Waals surface area contributed by atoms with E-state index in [2.05, 4.69) is 97.1 Å². The second-order valence-electron chi connectivity index (χ2n) is 12.1. The van der Waals surface area contributed by atoms with E-state index >= 15 is 0 Å². The Morgan fingerprint density at radius 2 is 0.755 bits per heavy atom. The van der Waals surface area contributed by atoms with Gasteiger partial charge < -0.3 is 18.9 Å². The molecule has 2 bridgehead atoms. The minimum absolute atomic E-state index is 0. The summed E-state index contributed by atoms with van der Waals surface area (Å²) in [5.74, 6) is 4.80. The normalized spacial score (nSPS) is 23.6. The quantitative estimate of drug-likeness (QED) is 0.202. The molecule has 2 aliphatic heterocycles. The Labute approximate surface area is 301 Å². The molecular formula is C45H72O4. The van der Waals surface area contributed by atoms with Crippen LogP contribution >= 0.6 is 0 Å². The van der Waals surface area contributed by atoms with E-state index < -0.39 is 0 Å². The number of methoxy groups -OCH3 is 2. The molecule has 0 N–H and O–H groups in total. The molecule has 5 aliphatic rings. The predicted molar refractivity (Wildman–Crippen MR) is 216 cm³/mol. The first-order valence-electron chi connectivity index (χ1n) is 17.8. The summed E-state index contributed by atoms with van der Waals surface area (Å²) in [5, 5.41) is 5.24. The Morgan fingerprint density at radius 1 is 0.490 bits per heavy atom. The molecule has 0 aromatic heterocycles. The van der Waals surface area contributed by atoms with Crippen LogP contribution < -0.4 is 0 Å². The van der Waals surface area contributed by atoms with Crippen LogP contribution in [0.3, 0.4) is 0 Å². The van der Waals surface area contributed by atoms with Crippen LogP contribution in [0.15, 0.2) is 97.1 Å². The average Bonchev–Trinajstić information content (AvgIpc) is 3.99. The van der Waals surface area contributed by atoms with Crippen molar-refractivity contribution in [3.63, 3.8) is 0 Å². The van der Waals surface area contributed by atoms with Gasteiger partial charge in [-0.2, -0.15) is 0 Å². The number of fused-ring (bicyclic) bond motifs is 7. The summed E-state index contributed by atoms with van der Waals surface area (Å²) in [6.45, 7) is 11.3. The summed E-state index contributed by atoms with van der Waals surface area (Å²) in [4.78, 5) is 0. The van der Waals surface area contributed by atoms with Crippen LogP contribution in [0.5, 0.6) is 0 Å². The van der Waals surface area contributed by atoms with Gasteiger partial charge in [-0.1, -0.05) is 153 Å². The van der Waals surface area contributed by atoms with Crippen molar-refractivity contribution in [3.05, 3.63) is 97.1 Å². The Kier molecular flexibility index (Phi) is 25.5. The zero-order chi connectivity index (χ0) is 33.0. The number of rotatable bonds is 4. The zero-order valence-electron chi connectivity index (χ0n) is 29.4. The van der Waals surface area contributed by atoms with Gasteiger partial charge in [-0.25, -0.2) is 0 Å². The van der Waals surface area contributed by atoms with E-state index in [1.54, 1.807) is 52.7 Å². The van der Waals surface area contributed by atoms with E-state index in [1.165, 1.54) is 45.2 Å². The van der Waals surface area contributed by atoms with Gasteiger partial charge in [0.05, 0.1) is 26.4 Å². The molecular weight excluding hydrogens is 604 g/mol. The molecule has 9 rings (SSSR count). The first-order valence-corrected chi connectivity index (χ1v) is 17.8. The molecule has 2 heterocycles. The fraction of sp³-hybridized carbons (Fsp3) is 0.556. The highest BCUT2D eigenvalue weighted by Crippen LogP contribution is 2.58. The number of hydrogen-bond donors (Lipinski definition) is 0. The molecule has 4 heteroatoms. The lowest BCUT2D eigenvalue weighted by atomic mass is 9.82. The third kappa shape index (κ3) is 16.2. The Bertz CT molecular complexity index is 1100. The summed E-state index contributed by atoms with van der Waals surface area (Å²) in [5.41, 5.74) is 0. The second kappa shape index (κ2) is 27.0. The molecule has 3 saturated carbocycles. The van der Waals surface area contributed by atoms with E-state index in [0.29, 0.717) is 12.2 Å². The van der Waals surface area contributed by atoms with Crippen molar-refractivity contribution < 1.29 is 18.9 Å². The lowest BCUT2D eigenvalue weighted by Crippen LogP contribution is -2.15. The second-order valence-corrected chi connectivity index (χ2v) is 12.1. The van der Waals surface area contributed by atoms with Crippen LogP contribution in [-0.2, 0) is 18.9 Å². The lowest BCUT2D eigenvalue weighted by Gasteiger charge is -2.23. The SMILES string of the molecule is C.C.C.C1CC2C3CCC(C3)C2C1.CC.CC.COCC1CO1.COCC1CO1.c1ccc2ccccc2c1.c1ccc2ccccc2c1. The smallest absolute Gasteiger partial charge is 0.104 e. The summed E-state index contributed by atoms with van der Waals surface area (Å²) in [7, 11) is 3.36. The number of benzene rings is 4. The summed E-state index contributed by atoms with van der Waals surface area (Å²) >= 11 is 0. The van der Waals surface area contributed by atoms with Crippen molar-refractivity contribution >= 4 is 21.5 Å². The van der Waals surface area contributed by atoms with Gasteiger partial charge in [0.25, 0.3) is 0 Å². The molecule has 5 fully saturated rings. The van der Waals surface area contributed by atoms with E-state index in [1.807, 2.05) is 27.7 Å². The largest absolute Gasteiger partial charge is 0.382 e. The maximum absolute atomic E-state index is 4.82. The van der Waals surface area contributed by atoms with E-state index in [9.17, 15) is 0 Å². The van der Waals surface area contributed by atoms with Gasteiger partial charge in [0.2, 0.25) is 0 Å². The summed E-state index contributed by atoms with van der Waals surface area (Å²) in [6, 6.07) is 33.4. The number of hydrogen-bond acceptors (Lipinski definition) is 4. The molecule has 4 nitrogen and oxygen atoms in total.